The molecular formula is C21H20N4O3. The summed E-state index contributed by atoms with van der Waals surface area (Å²) >= 11 is 0. The maximum Gasteiger partial charge on any atom is 0.260 e. The molecule has 0 aliphatic carbocycles. The predicted octanol–water partition coefficient (Wildman–Crippen LogP) is 3.29. The molecule has 1 saturated heterocycles. The highest BCUT2D eigenvalue weighted by molar-refractivity contribution is 6.04. The van der Waals surface area contributed by atoms with Gasteiger partial charge in [0.05, 0.1) is 17.2 Å². The van der Waals surface area contributed by atoms with Crippen LogP contribution in [0.25, 0.3) is 11.5 Å². The lowest BCUT2D eigenvalue weighted by Crippen LogP contribution is -2.28. The second kappa shape index (κ2) is 7.64. The van der Waals surface area contributed by atoms with Crippen molar-refractivity contribution in [2.24, 2.45) is 5.92 Å². The summed E-state index contributed by atoms with van der Waals surface area (Å²) in [6, 6.07) is 16.7. The summed E-state index contributed by atoms with van der Waals surface area (Å²) in [6.45, 7) is 2.30. The van der Waals surface area contributed by atoms with Crippen LogP contribution in [0.4, 0.5) is 11.4 Å². The average molecular weight is 376 g/mol. The molecule has 0 bridgehead atoms. The molecule has 2 amide bonds. The molecule has 1 aromatic heterocycles. The minimum Gasteiger partial charge on any atom is -0.334 e. The van der Waals surface area contributed by atoms with Crippen molar-refractivity contribution >= 4 is 23.2 Å². The topological polar surface area (TPSA) is 88.3 Å². The standard InChI is InChI=1S/C21H20N4O3/c1-2-18-23-21(28-24-18)16-10-6-7-11-17(16)22-20(27)14-12-19(26)25(13-14)15-8-4-3-5-9-15/h3-11,14H,2,12-13H2,1H3,(H,22,27)/t14-/m1/s1. The van der Waals surface area contributed by atoms with Gasteiger partial charge in [0.25, 0.3) is 5.89 Å². The van der Waals surface area contributed by atoms with Gasteiger partial charge >= 0.3 is 0 Å². The Morgan fingerprint density at radius 3 is 2.68 bits per heavy atom. The fraction of sp³-hybridized carbons (Fsp3) is 0.238. The molecule has 1 aliphatic heterocycles. The second-order valence-corrected chi connectivity index (χ2v) is 6.65. The van der Waals surface area contributed by atoms with Crippen molar-refractivity contribution in [3.05, 3.63) is 60.4 Å². The summed E-state index contributed by atoms with van der Waals surface area (Å²) in [5.74, 6) is 0.297. The van der Waals surface area contributed by atoms with Crippen molar-refractivity contribution in [1.29, 1.82) is 0 Å². The van der Waals surface area contributed by atoms with E-state index in [1.165, 1.54) is 0 Å². The van der Waals surface area contributed by atoms with Crippen LogP contribution in [-0.2, 0) is 16.0 Å². The zero-order valence-electron chi connectivity index (χ0n) is 15.5. The Bertz CT molecular complexity index is 1000. The summed E-state index contributed by atoms with van der Waals surface area (Å²) < 4.78 is 5.31. The first-order chi connectivity index (χ1) is 13.7. The summed E-state index contributed by atoms with van der Waals surface area (Å²) in [6.07, 6.45) is 0.848. The van der Waals surface area contributed by atoms with Crippen molar-refractivity contribution < 1.29 is 14.1 Å². The number of benzene rings is 2. The molecule has 1 aliphatic rings. The fourth-order valence-electron chi connectivity index (χ4n) is 3.26. The molecule has 0 unspecified atom stereocenters. The molecular weight excluding hydrogens is 356 g/mol. The molecule has 3 aromatic rings. The molecule has 7 heteroatoms. The third-order valence-electron chi connectivity index (χ3n) is 4.76. The monoisotopic (exact) mass is 376 g/mol. The van der Waals surface area contributed by atoms with E-state index in [2.05, 4.69) is 15.5 Å². The van der Waals surface area contributed by atoms with Crippen LogP contribution in [0, 0.1) is 5.92 Å². The largest absolute Gasteiger partial charge is 0.334 e. The lowest BCUT2D eigenvalue weighted by molar-refractivity contribution is -0.122. The lowest BCUT2D eigenvalue weighted by atomic mass is 10.1. The number of rotatable bonds is 5. The maximum absolute atomic E-state index is 12.8. The second-order valence-electron chi connectivity index (χ2n) is 6.65. The molecule has 28 heavy (non-hydrogen) atoms. The Labute approximate surface area is 162 Å². The van der Waals surface area contributed by atoms with Crippen LogP contribution in [0.1, 0.15) is 19.2 Å². The summed E-state index contributed by atoms with van der Waals surface area (Å²) in [5, 5.41) is 6.84. The molecule has 2 heterocycles. The smallest absolute Gasteiger partial charge is 0.260 e. The number of aromatic nitrogens is 2. The van der Waals surface area contributed by atoms with Gasteiger partial charge in [-0.25, -0.2) is 0 Å². The van der Waals surface area contributed by atoms with Crippen molar-refractivity contribution in [2.45, 2.75) is 19.8 Å². The van der Waals surface area contributed by atoms with Gasteiger partial charge in [-0.2, -0.15) is 4.98 Å². The fourth-order valence-corrected chi connectivity index (χ4v) is 3.26. The van der Waals surface area contributed by atoms with Gasteiger partial charge in [0.1, 0.15) is 0 Å². The molecule has 142 valence electrons. The Morgan fingerprint density at radius 2 is 1.93 bits per heavy atom. The Balaban J connectivity index is 1.51. The first kappa shape index (κ1) is 17.9. The van der Waals surface area contributed by atoms with E-state index in [0.717, 1.165) is 5.69 Å². The van der Waals surface area contributed by atoms with Crippen LogP contribution in [0.15, 0.2) is 59.1 Å². The van der Waals surface area contributed by atoms with Gasteiger partial charge in [0.2, 0.25) is 11.8 Å². The first-order valence-corrected chi connectivity index (χ1v) is 9.24. The minimum atomic E-state index is -0.422. The number of hydrogen-bond donors (Lipinski definition) is 1. The normalized spacial score (nSPS) is 16.4. The highest BCUT2D eigenvalue weighted by atomic mass is 16.5. The molecule has 0 radical (unpaired) electrons. The van der Waals surface area contributed by atoms with Crippen LogP contribution in [0.5, 0.6) is 0 Å². The highest BCUT2D eigenvalue weighted by Crippen LogP contribution is 2.29. The molecule has 1 atom stereocenters. The SMILES string of the molecule is CCc1noc(-c2ccccc2NC(=O)[C@@H]2CC(=O)N(c3ccccc3)C2)n1. The number of anilines is 2. The maximum atomic E-state index is 12.8. The Hall–Kier alpha value is -3.48. The third kappa shape index (κ3) is 3.51. The number of amides is 2. The molecule has 7 nitrogen and oxygen atoms in total. The van der Waals surface area contributed by atoms with Crippen molar-refractivity contribution in [2.75, 3.05) is 16.8 Å². The van der Waals surface area contributed by atoms with Gasteiger partial charge in [0.15, 0.2) is 5.82 Å². The highest BCUT2D eigenvalue weighted by Gasteiger charge is 2.35. The third-order valence-corrected chi connectivity index (χ3v) is 4.76. The zero-order valence-corrected chi connectivity index (χ0v) is 15.5. The van der Waals surface area contributed by atoms with Crippen LogP contribution in [-0.4, -0.2) is 28.5 Å². The quantitative estimate of drug-likeness (QED) is 0.738. The van der Waals surface area contributed by atoms with E-state index in [9.17, 15) is 9.59 Å². The van der Waals surface area contributed by atoms with E-state index in [0.29, 0.717) is 35.9 Å². The predicted molar refractivity (Wildman–Crippen MR) is 105 cm³/mol. The van der Waals surface area contributed by atoms with E-state index in [-0.39, 0.29) is 18.2 Å². The van der Waals surface area contributed by atoms with Gasteiger partial charge in [-0.15, -0.1) is 0 Å². The molecule has 0 saturated carbocycles. The zero-order chi connectivity index (χ0) is 19.5. The number of nitrogens with zero attached hydrogens (tertiary/aromatic N) is 3. The molecule has 4 rings (SSSR count). The first-order valence-electron chi connectivity index (χ1n) is 9.24. The van der Waals surface area contributed by atoms with Gasteiger partial charge in [-0.05, 0) is 24.3 Å². The van der Waals surface area contributed by atoms with Crippen LogP contribution in [0.3, 0.4) is 0 Å². The van der Waals surface area contributed by atoms with Crippen molar-refractivity contribution in [3.8, 4) is 11.5 Å². The van der Waals surface area contributed by atoms with Crippen molar-refractivity contribution in [3.63, 3.8) is 0 Å². The average Bonchev–Trinajstić information content (AvgIpc) is 3.36. The molecule has 0 spiro atoms. The number of nitrogens with one attached hydrogen (secondary N) is 1. The van der Waals surface area contributed by atoms with Crippen molar-refractivity contribution in [1.82, 2.24) is 10.1 Å². The number of para-hydroxylation sites is 2. The van der Waals surface area contributed by atoms with Gasteiger partial charge in [-0.1, -0.05) is 42.4 Å². The summed E-state index contributed by atoms with van der Waals surface area (Å²) in [4.78, 5) is 31.2. The summed E-state index contributed by atoms with van der Waals surface area (Å²) in [5.41, 5.74) is 2.05. The molecule has 2 aromatic carbocycles. The van der Waals surface area contributed by atoms with Crippen LogP contribution in [0.2, 0.25) is 0 Å². The Kier molecular flexibility index (Phi) is 4.89. The Morgan fingerprint density at radius 1 is 1.18 bits per heavy atom. The van der Waals surface area contributed by atoms with Gasteiger partial charge in [0, 0.05) is 25.1 Å². The molecule has 1 N–H and O–H groups in total. The minimum absolute atomic E-state index is 0.0517. The number of hydrogen-bond acceptors (Lipinski definition) is 5. The van der Waals surface area contributed by atoms with Crippen LogP contribution >= 0.6 is 0 Å². The number of carbonyl (C=O) groups is 2. The number of carbonyl (C=O) groups excluding carboxylic acids is 2. The van der Waals surface area contributed by atoms with E-state index in [4.69, 9.17) is 4.52 Å². The van der Waals surface area contributed by atoms with E-state index in [1.54, 1.807) is 11.0 Å². The van der Waals surface area contributed by atoms with E-state index in [1.807, 2.05) is 55.5 Å². The number of aryl methyl sites for hydroxylation is 1. The van der Waals surface area contributed by atoms with Gasteiger partial charge in [-0.3, -0.25) is 9.59 Å². The van der Waals surface area contributed by atoms with E-state index < -0.39 is 5.92 Å². The van der Waals surface area contributed by atoms with Gasteiger partial charge < -0.3 is 14.7 Å². The lowest BCUT2D eigenvalue weighted by Gasteiger charge is -2.16. The summed E-state index contributed by atoms with van der Waals surface area (Å²) in [7, 11) is 0. The van der Waals surface area contributed by atoms with E-state index >= 15 is 0 Å². The molecule has 1 fully saturated rings. The van der Waals surface area contributed by atoms with Crippen LogP contribution < -0.4 is 10.2 Å².